The molecule has 1 nitrogen and oxygen atoms in total. The van der Waals surface area contributed by atoms with Crippen LogP contribution < -0.4 is 5.73 Å². The van der Waals surface area contributed by atoms with Crippen molar-refractivity contribution >= 4 is 0 Å². The highest BCUT2D eigenvalue weighted by molar-refractivity contribution is 5.26. The monoisotopic (exact) mass is 189 g/mol. The van der Waals surface area contributed by atoms with E-state index in [1.165, 1.54) is 36.8 Å². The highest BCUT2D eigenvalue weighted by Gasteiger charge is 2.21. The van der Waals surface area contributed by atoms with Gasteiger partial charge in [-0.2, -0.15) is 0 Å². The van der Waals surface area contributed by atoms with Crippen LogP contribution in [0.4, 0.5) is 0 Å². The Balaban J connectivity index is 2.01. The van der Waals surface area contributed by atoms with Gasteiger partial charge in [-0.05, 0) is 49.7 Å². The van der Waals surface area contributed by atoms with E-state index in [4.69, 9.17) is 5.73 Å². The smallest absolute Gasteiger partial charge is 0.00416 e. The topological polar surface area (TPSA) is 26.0 Å². The fourth-order valence-corrected chi connectivity index (χ4v) is 2.45. The third-order valence-corrected chi connectivity index (χ3v) is 3.35. The van der Waals surface area contributed by atoms with Gasteiger partial charge in [-0.1, -0.05) is 24.3 Å². The predicted octanol–water partition coefficient (Wildman–Crippen LogP) is 2.66. The van der Waals surface area contributed by atoms with Gasteiger partial charge in [0.05, 0.1) is 0 Å². The van der Waals surface area contributed by atoms with Crippen LogP contribution in [0.3, 0.4) is 0 Å². The Morgan fingerprint density at radius 3 is 2.71 bits per heavy atom. The van der Waals surface area contributed by atoms with Gasteiger partial charge in [-0.25, -0.2) is 0 Å². The molecule has 0 aliphatic heterocycles. The molecule has 14 heavy (non-hydrogen) atoms. The second-order valence-corrected chi connectivity index (χ2v) is 4.57. The summed E-state index contributed by atoms with van der Waals surface area (Å²) in [5, 5.41) is 0. The number of nitrogens with two attached hydrogens (primary N) is 1. The van der Waals surface area contributed by atoms with E-state index in [-0.39, 0.29) is 0 Å². The first-order valence-electron chi connectivity index (χ1n) is 5.56. The third-order valence-electron chi connectivity index (χ3n) is 3.35. The quantitative estimate of drug-likeness (QED) is 0.760. The summed E-state index contributed by atoms with van der Waals surface area (Å²) in [6, 6.07) is 9.16. The normalized spacial score (nSPS) is 26.7. The lowest BCUT2D eigenvalue weighted by molar-refractivity contribution is 0.534. The third kappa shape index (κ3) is 2.16. The largest absolute Gasteiger partial charge is 0.328 e. The second-order valence-electron chi connectivity index (χ2n) is 4.57. The molecule has 0 aromatic heterocycles. The van der Waals surface area contributed by atoms with Gasteiger partial charge in [0.15, 0.2) is 0 Å². The van der Waals surface area contributed by atoms with Gasteiger partial charge in [-0.15, -0.1) is 0 Å². The fraction of sp³-hybridized carbons (Fsp3) is 0.538. The van der Waals surface area contributed by atoms with Crippen LogP contribution in [0.15, 0.2) is 24.3 Å². The molecule has 1 aliphatic rings. The van der Waals surface area contributed by atoms with Gasteiger partial charge in [0.25, 0.3) is 0 Å². The molecule has 2 rings (SSSR count). The molecule has 0 bridgehead atoms. The zero-order valence-corrected chi connectivity index (χ0v) is 8.87. The van der Waals surface area contributed by atoms with Crippen molar-refractivity contribution in [2.75, 3.05) is 0 Å². The van der Waals surface area contributed by atoms with Crippen molar-refractivity contribution in [1.29, 1.82) is 0 Å². The molecule has 0 saturated heterocycles. The minimum absolute atomic E-state index is 0.462. The van der Waals surface area contributed by atoms with Crippen molar-refractivity contribution < 1.29 is 0 Å². The van der Waals surface area contributed by atoms with Gasteiger partial charge in [-0.3, -0.25) is 0 Å². The maximum absolute atomic E-state index is 5.92. The van der Waals surface area contributed by atoms with Crippen LogP contribution in [-0.4, -0.2) is 6.04 Å². The maximum Gasteiger partial charge on any atom is 0.00416 e. The van der Waals surface area contributed by atoms with Gasteiger partial charge >= 0.3 is 0 Å². The molecule has 1 aromatic carbocycles. The Morgan fingerprint density at radius 2 is 2.07 bits per heavy atom. The average molecular weight is 189 g/mol. The summed E-state index contributed by atoms with van der Waals surface area (Å²) in [7, 11) is 0. The lowest BCUT2D eigenvalue weighted by Gasteiger charge is -2.11. The van der Waals surface area contributed by atoms with E-state index in [0.29, 0.717) is 6.04 Å². The first-order valence-corrected chi connectivity index (χ1v) is 5.56. The number of rotatable bonds is 2. The van der Waals surface area contributed by atoms with Crippen molar-refractivity contribution in [2.45, 2.75) is 38.6 Å². The first kappa shape index (κ1) is 9.72. The zero-order valence-electron chi connectivity index (χ0n) is 8.87. The molecule has 0 radical (unpaired) electrons. The summed E-state index contributed by atoms with van der Waals surface area (Å²) in [4.78, 5) is 0. The van der Waals surface area contributed by atoms with Crippen molar-refractivity contribution in [1.82, 2.24) is 0 Å². The van der Waals surface area contributed by atoms with E-state index < -0.39 is 0 Å². The molecule has 0 spiro atoms. The molecule has 2 N–H and O–H groups in total. The van der Waals surface area contributed by atoms with Crippen LogP contribution in [0, 0.1) is 12.8 Å². The van der Waals surface area contributed by atoms with E-state index in [0.717, 1.165) is 5.92 Å². The fourth-order valence-electron chi connectivity index (χ4n) is 2.45. The van der Waals surface area contributed by atoms with Crippen LogP contribution in [0.5, 0.6) is 0 Å². The lowest BCUT2D eigenvalue weighted by atomic mass is 9.95. The SMILES string of the molecule is Cc1ccccc1CC1CCC(N)C1. The van der Waals surface area contributed by atoms with Gasteiger partial charge in [0.1, 0.15) is 0 Å². The highest BCUT2D eigenvalue weighted by Crippen LogP contribution is 2.28. The Labute approximate surface area is 86.3 Å². The van der Waals surface area contributed by atoms with Crippen molar-refractivity contribution in [2.24, 2.45) is 11.7 Å². The molecule has 2 unspecified atom stereocenters. The standard InChI is InChI=1S/C13H19N/c1-10-4-2-3-5-12(10)8-11-6-7-13(14)9-11/h2-5,11,13H,6-9,14H2,1H3. The lowest BCUT2D eigenvalue weighted by Crippen LogP contribution is -2.15. The summed E-state index contributed by atoms with van der Waals surface area (Å²) >= 11 is 0. The molecule has 2 atom stereocenters. The molecule has 1 fully saturated rings. The molecule has 76 valence electrons. The van der Waals surface area contributed by atoms with Gasteiger partial charge in [0, 0.05) is 6.04 Å². The van der Waals surface area contributed by atoms with Crippen LogP contribution in [-0.2, 0) is 6.42 Å². The Bertz CT molecular complexity index is 306. The molecular formula is C13H19N. The average Bonchev–Trinajstić information content (AvgIpc) is 2.56. The summed E-state index contributed by atoms with van der Waals surface area (Å²) in [6.07, 6.45) is 4.97. The first-order chi connectivity index (χ1) is 6.75. The number of hydrogen-bond donors (Lipinski definition) is 1. The van der Waals surface area contributed by atoms with Crippen molar-refractivity contribution in [3.8, 4) is 0 Å². The number of hydrogen-bond acceptors (Lipinski definition) is 1. The van der Waals surface area contributed by atoms with Crippen molar-refractivity contribution in [3.63, 3.8) is 0 Å². The predicted molar refractivity (Wildman–Crippen MR) is 60.2 cm³/mol. The van der Waals surface area contributed by atoms with E-state index in [2.05, 4.69) is 31.2 Å². The Hall–Kier alpha value is -0.820. The number of benzene rings is 1. The second kappa shape index (κ2) is 4.14. The van der Waals surface area contributed by atoms with Crippen LogP contribution >= 0.6 is 0 Å². The van der Waals surface area contributed by atoms with Crippen molar-refractivity contribution in [3.05, 3.63) is 35.4 Å². The van der Waals surface area contributed by atoms with Gasteiger partial charge in [0.2, 0.25) is 0 Å². The molecule has 1 heteroatoms. The van der Waals surface area contributed by atoms with E-state index in [9.17, 15) is 0 Å². The summed E-state index contributed by atoms with van der Waals surface area (Å²) in [6.45, 7) is 2.20. The van der Waals surface area contributed by atoms with Gasteiger partial charge < -0.3 is 5.73 Å². The molecule has 0 heterocycles. The molecule has 0 amide bonds. The Kier molecular flexibility index (Phi) is 2.87. The van der Waals surface area contributed by atoms with Crippen LogP contribution in [0.2, 0.25) is 0 Å². The van der Waals surface area contributed by atoms with E-state index in [1.54, 1.807) is 0 Å². The van der Waals surface area contributed by atoms with E-state index in [1.807, 2.05) is 0 Å². The van der Waals surface area contributed by atoms with Crippen LogP contribution in [0.1, 0.15) is 30.4 Å². The zero-order chi connectivity index (χ0) is 9.97. The van der Waals surface area contributed by atoms with E-state index >= 15 is 0 Å². The summed E-state index contributed by atoms with van der Waals surface area (Å²) < 4.78 is 0. The highest BCUT2D eigenvalue weighted by atomic mass is 14.6. The minimum atomic E-state index is 0.462. The summed E-state index contributed by atoms with van der Waals surface area (Å²) in [5.74, 6) is 0.825. The number of aryl methyl sites for hydroxylation is 1. The Morgan fingerprint density at radius 1 is 1.29 bits per heavy atom. The summed E-state index contributed by atoms with van der Waals surface area (Å²) in [5.41, 5.74) is 8.85. The molecule has 1 saturated carbocycles. The van der Waals surface area contributed by atoms with Crippen LogP contribution in [0.25, 0.3) is 0 Å². The molecule has 1 aromatic rings. The molecule has 1 aliphatic carbocycles. The maximum atomic E-state index is 5.92. The minimum Gasteiger partial charge on any atom is -0.328 e. The molecular weight excluding hydrogens is 170 g/mol.